The molecule has 1 rings (SSSR count). The van der Waals surface area contributed by atoms with Crippen LogP contribution in [0.25, 0.3) is 0 Å². The van der Waals surface area contributed by atoms with E-state index in [9.17, 15) is 9.90 Å². The molecule has 1 aromatic carbocycles. The van der Waals surface area contributed by atoms with E-state index in [1.165, 1.54) is 12.1 Å². The lowest BCUT2D eigenvalue weighted by atomic mass is 10.0. The van der Waals surface area contributed by atoms with E-state index in [1.807, 2.05) is 6.92 Å². The van der Waals surface area contributed by atoms with Crippen molar-refractivity contribution in [1.29, 1.82) is 0 Å². The molecule has 0 fully saturated rings. The molecule has 76 valence electrons. The normalized spacial score (nSPS) is 12.4. The third kappa shape index (κ3) is 2.03. The van der Waals surface area contributed by atoms with Crippen molar-refractivity contribution in [2.45, 2.75) is 19.4 Å². The van der Waals surface area contributed by atoms with E-state index in [0.717, 1.165) is 12.0 Å². The molecule has 0 heterocycles. The highest BCUT2D eigenvalue weighted by atomic mass is 16.4. The van der Waals surface area contributed by atoms with Crippen molar-refractivity contribution in [3.05, 3.63) is 29.3 Å². The second kappa shape index (κ2) is 4.11. The van der Waals surface area contributed by atoms with Crippen LogP contribution in [0, 0.1) is 0 Å². The van der Waals surface area contributed by atoms with Gasteiger partial charge in [-0.25, -0.2) is 4.79 Å². The summed E-state index contributed by atoms with van der Waals surface area (Å²) >= 11 is 0. The van der Waals surface area contributed by atoms with Gasteiger partial charge in [-0.15, -0.1) is 0 Å². The number of rotatable bonds is 3. The van der Waals surface area contributed by atoms with Crippen molar-refractivity contribution >= 4 is 5.97 Å². The molecule has 0 aromatic heterocycles. The Morgan fingerprint density at radius 3 is 2.71 bits per heavy atom. The topological polar surface area (TPSA) is 83.5 Å². The number of aromatic carboxylic acids is 1. The van der Waals surface area contributed by atoms with E-state index in [4.69, 9.17) is 10.8 Å². The Bertz CT molecular complexity index is 349. The average Bonchev–Trinajstić information content (AvgIpc) is 2.17. The van der Waals surface area contributed by atoms with Crippen molar-refractivity contribution < 1.29 is 15.0 Å². The number of aromatic hydroxyl groups is 1. The van der Waals surface area contributed by atoms with Crippen LogP contribution in [0.4, 0.5) is 0 Å². The second-order valence-corrected chi connectivity index (χ2v) is 3.10. The Balaban J connectivity index is 3.12. The number of hydrogen-bond acceptors (Lipinski definition) is 3. The van der Waals surface area contributed by atoms with E-state index >= 15 is 0 Å². The molecule has 1 unspecified atom stereocenters. The zero-order valence-electron chi connectivity index (χ0n) is 7.90. The number of carbonyl (C=O) groups is 1. The molecule has 0 saturated heterocycles. The van der Waals surface area contributed by atoms with Crippen LogP contribution >= 0.6 is 0 Å². The lowest BCUT2D eigenvalue weighted by molar-refractivity contribution is 0.0693. The van der Waals surface area contributed by atoms with Gasteiger partial charge in [0.05, 0.1) is 0 Å². The van der Waals surface area contributed by atoms with Gasteiger partial charge < -0.3 is 15.9 Å². The van der Waals surface area contributed by atoms with Crippen LogP contribution in [0.1, 0.15) is 35.3 Å². The highest BCUT2D eigenvalue weighted by Gasteiger charge is 2.12. The zero-order valence-corrected chi connectivity index (χ0v) is 7.90. The lowest BCUT2D eigenvalue weighted by Crippen LogP contribution is -2.09. The first-order chi connectivity index (χ1) is 6.56. The summed E-state index contributed by atoms with van der Waals surface area (Å²) in [6, 6.07) is 4.21. The predicted molar refractivity (Wildman–Crippen MR) is 52.3 cm³/mol. The van der Waals surface area contributed by atoms with Crippen LogP contribution in [0.3, 0.4) is 0 Å². The van der Waals surface area contributed by atoms with E-state index < -0.39 is 5.97 Å². The summed E-state index contributed by atoms with van der Waals surface area (Å²) in [5.41, 5.74) is 6.36. The largest absolute Gasteiger partial charge is 0.507 e. The molecule has 0 aliphatic heterocycles. The van der Waals surface area contributed by atoms with Gasteiger partial charge in [-0.3, -0.25) is 0 Å². The highest BCUT2D eigenvalue weighted by molar-refractivity contribution is 5.90. The lowest BCUT2D eigenvalue weighted by Gasteiger charge is -2.10. The van der Waals surface area contributed by atoms with Crippen molar-refractivity contribution in [2.75, 3.05) is 0 Å². The number of nitrogens with two attached hydrogens (primary N) is 1. The Kier molecular flexibility index (Phi) is 3.09. The van der Waals surface area contributed by atoms with E-state index in [0.29, 0.717) is 0 Å². The molecule has 14 heavy (non-hydrogen) atoms. The summed E-state index contributed by atoms with van der Waals surface area (Å²) in [5, 5.41) is 18.0. The fourth-order valence-corrected chi connectivity index (χ4v) is 1.19. The summed E-state index contributed by atoms with van der Waals surface area (Å²) in [7, 11) is 0. The summed E-state index contributed by atoms with van der Waals surface area (Å²) < 4.78 is 0. The highest BCUT2D eigenvalue weighted by Crippen LogP contribution is 2.22. The van der Waals surface area contributed by atoms with Gasteiger partial charge in [0, 0.05) is 6.04 Å². The number of carboxylic acid groups (broad SMARTS) is 1. The van der Waals surface area contributed by atoms with E-state index in [1.54, 1.807) is 6.07 Å². The van der Waals surface area contributed by atoms with Gasteiger partial charge in [-0.2, -0.15) is 0 Å². The quantitative estimate of drug-likeness (QED) is 0.682. The van der Waals surface area contributed by atoms with Crippen LogP contribution < -0.4 is 5.73 Å². The molecule has 0 aliphatic carbocycles. The van der Waals surface area contributed by atoms with Crippen LogP contribution in [0.15, 0.2) is 18.2 Å². The number of carboxylic acids is 1. The van der Waals surface area contributed by atoms with Crippen LogP contribution in [0.5, 0.6) is 5.75 Å². The first-order valence-corrected chi connectivity index (χ1v) is 4.38. The van der Waals surface area contributed by atoms with Gasteiger partial charge in [0.15, 0.2) is 0 Å². The second-order valence-electron chi connectivity index (χ2n) is 3.10. The minimum atomic E-state index is -1.15. The van der Waals surface area contributed by atoms with Gasteiger partial charge in [0.25, 0.3) is 0 Å². The SMILES string of the molecule is CCC(N)c1ccc(O)c(C(=O)O)c1. The Hall–Kier alpha value is -1.55. The Morgan fingerprint density at radius 2 is 2.21 bits per heavy atom. The fourth-order valence-electron chi connectivity index (χ4n) is 1.19. The van der Waals surface area contributed by atoms with Crippen LogP contribution in [0.2, 0.25) is 0 Å². The van der Waals surface area contributed by atoms with Crippen molar-refractivity contribution in [3.8, 4) is 5.75 Å². The predicted octanol–water partition coefficient (Wildman–Crippen LogP) is 1.50. The number of phenols is 1. The minimum Gasteiger partial charge on any atom is -0.507 e. The fraction of sp³-hybridized carbons (Fsp3) is 0.300. The van der Waals surface area contributed by atoms with Gasteiger partial charge in [-0.1, -0.05) is 13.0 Å². The zero-order chi connectivity index (χ0) is 10.7. The van der Waals surface area contributed by atoms with E-state index in [-0.39, 0.29) is 17.4 Å². The maximum atomic E-state index is 10.7. The monoisotopic (exact) mass is 195 g/mol. The van der Waals surface area contributed by atoms with Crippen molar-refractivity contribution in [2.24, 2.45) is 5.73 Å². The van der Waals surface area contributed by atoms with Gasteiger partial charge in [-0.05, 0) is 24.1 Å². The first kappa shape index (κ1) is 10.5. The van der Waals surface area contributed by atoms with Crippen molar-refractivity contribution in [1.82, 2.24) is 0 Å². The molecular weight excluding hydrogens is 182 g/mol. The molecule has 0 saturated carbocycles. The minimum absolute atomic E-state index is 0.105. The van der Waals surface area contributed by atoms with Gasteiger partial charge >= 0.3 is 5.97 Å². The number of hydrogen-bond donors (Lipinski definition) is 3. The molecule has 1 atom stereocenters. The standard InChI is InChI=1S/C10H13NO3/c1-2-8(11)6-3-4-9(12)7(5-6)10(13)14/h3-5,8,12H,2,11H2,1H3,(H,13,14). The summed E-state index contributed by atoms with van der Waals surface area (Å²) in [6.07, 6.45) is 0.726. The molecule has 0 amide bonds. The molecule has 0 radical (unpaired) electrons. The van der Waals surface area contributed by atoms with Gasteiger partial charge in [0.2, 0.25) is 0 Å². The molecule has 4 nitrogen and oxygen atoms in total. The van der Waals surface area contributed by atoms with Crippen molar-refractivity contribution in [3.63, 3.8) is 0 Å². The summed E-state index contributed by atoms with van der Waals surface area (Å²) in [4.78, 5) is 10.7. The number of benzene rings is 1. The van der Waals surface area contributed by atoms with E-state index in [2.05, 4.69) is 0 Å². The Morgan fingerprint density at radius 1 is 1.57 bits per heavy atom. The summed E-state index contributed by atoms with van der Waals surface area (Å²) in [6.45, 7) is 1.91. The molecule has 0 spiro atoms. The third-order valence-corrected chi connectivity index (χ3v) is 2.12. The molecule has 4 heteroatoms. The molecule has 1 aromatic rings. The molecule has 0 aliphatic rings. The van der Waals surface area contributed by atoms with Crippen LogP contribution in [-0.4, -0.2) is 16.2 Å². The maximum absolute atomic E-state index is 10.7. The average molecular weight is 195 g/mol. The Labute approximate surface area is 82.0 Å². The van der Waals surface area contributed by atoms with Gasteiger partial charge in [0.1, 0.15) is 11.3 Å². The summed E-state index contributed by atoms with van der Waals surface area (Å²) in [5.74, 6) is -1.38. The molecule has 4 N–H and O–H groups in total. The molecular formula is C10H13NO3. The third-order valence-electron chi connectivity index (χ3n) is 2.12. The molecule has 0 bridgehead atoms. The maximum Gasteiger partial charge on any atom is 0.339 e. The smallest absolute Gasteiger partial charge is 0.339 e. The first-order valence-electron chi connectivity index (χ1n) is 4.38. The van der Waals surface area contributed by atoms with Crippen LogP contribution in [-0.2, 0) is 0 Å².